The molecule has 2 heteroatoms. The molecule has 2 aromatic rings. The molecule has 0 fully saturated rings. The fraction of sp³-hybridized carbons (Fsp3) is 0.368. The van der Waals surface area contributed by atoms with Crippen molar-refractivity contribution in [2.45, 2.75) is 44.0 Å². The summed E-state index contributed by atoms with van der Waals surface area (Å²) >= 11 is 3.85. The maximum Gasteiger partial charge on any atom is 0.123 e. The van der Waals surface area contributed by atoms with Gasteiger partial charge in [-0.15, -0.1) is 0 Å². The lowest BCUT2D eigenvalue weighted by Crippen LogP contribution is -2.24. The van der Waals surface area contributed by atoms with E-state index in [4.69, 9.17) is 4.74 Å². The molecular weight excluding hydrogens is 324 g/mol. The number of rotatable bonds is 3. The molecule has 0 N–H and O–H groups in total. The molecule has 1 heterocycles. The summed E-state index contributed by atoms with van der Waals surface area (Å²) in [5.74, 6) is 1.04. The highest BCUT2D eigenvalue weighted by atomic mass is 79.9. The van der Waals surface area contributed by atoms with E-state index in [1.807, 2.05) is 0 Å². The van der Waals surface area contributed by atoms with Crippen molar-refractivity contribution in [2.75, 3.05) is 0 Å². The topological polar surface area (TPSA) is 9.23 Å². The summed E-state index contributed by atoms with van der Waals surface area (Å²) in [6, 6.07) is 15.2. The Hall–Kier alpha value is -1.28. The standard InChI is InChI=1S/C19H21BrO/c1-13-6-4-5-7-14(13)11-17(20)15-8-9-18-16(10-15)12-19(2,3)21-18/h4-10,17H,11-12H2,1-3H3. The van der Waals surface area contributed by atoms with Gasteiger partial charge in [0.05, 0.1) is 0 Å². The van der Waals surface area contributed by atoms with Crippen molar-refractivity contribution in [3.63, 3.8) is 0 Å². The summed E-state index contributed by atoms with van der Waals surface area (Å²) in [6.07, 6.45) is 2.00. The number of ether oxygens (including phenoxy) is 1. The Morgan fingerprint density at radius 1 is 1.19 bits per heavy atom. The van der Waals surface area contributed by atoms with E-state index < -0.39 is 0 Å². The van der Waals surface area contributed by atoms with Gasteiger partial charge >= 0.3 is 0 Å². The number of hydrogen-bond donors (Lipinski definition) is 0. The van der Waals surface area contributed by atoms with Crippen LogP contribution in [0.25, 0.3) is 0 Å². The lowest BCUT2D eigenvalue weighted by Gasteiger charge is -2.16. The predicted octanol–water partition coefficient (Wildman–Crippen LogP) is 5.39. The first-order valence-electron chi connectivity index (χ1n) is 7.45. The summed E-state index contributed by atoms with van der Waals surface area (Å²) in [4.78, 5) is 0.340. The van der Waals surface area contributed by atoms with E-state index in [9.17, 15) is 0 Å². The summed E-state index contributed by atoms with van der Waals surface area (Å²) in [5.41, 5.74) is 5.34. The van der Waals surface area contributed by atoms with E-state index in [0.29, 0.717) is 4.83 Å². The zero-order chi connectivity index (χ0) is 15.0. The van der Waals surface area contributed by atoms with Crippen molar-refractivity contribution in [1.29, 1.82) is 0 Å². The zero-order valence-corrected chi connectivity index (χ0v) is 14.4. The van der Waals surface area contributed by atoms with Gasteiger partial charge < -0.3 is 4.74 Å². The maximum atomic E-state index is 5.95. The fourth-order valence-electron chi connectivity index (χ4n) is 2.97. The Balaban J connectivity index is 1.81. The Morgan fingerprint density at radius 3 is 2.71 bits per heavy atom. The van der Waals surface area contributed by atoms with Crippen molar-refractivity contribution >= 4 is 15.9 Å². The second-order valence-electron chi connectivity index (χ2n) is 6.50. The molecule has 0 radical (unpaired) electrons. The van der Waals surface area contributed by atoms with Gasteiger partial charge in [0.2, 0.25) is 0 Å². The summed E-state index contributed by atoms with van der Waals surface area (Å²) in [7, 11) is 0. The molecule has 0 amide bonds. The van der Waals surface area contributed by atoms with Crippen molar-refractivity contribution in [1.82, 2.24) is 0 Å². The minimum atomic E-state index is -0.0707. The number of hydrogen-bond acceptors (Lipinski definition) is 1. The highest BCUT2D eigenvalue weighted by Crippen LogP contribution is 2.38. The summed E-state index contributed by atoms with van der Waals surface area (Å²) in [6.45, 7) is 6.46. The van der Waals surface area contributed by atoms with Crippen molar-refractivity contribution in [2.24, 2.45) is 0 Å². The molecule has 1 unspecified atom stereocenters. The van der Waals surface area contributed by atoms with E-state index in [0.717, 1.165) is 18.6 Å². The van der Waals surface area contributed by atoms with E-state index in [-0.39, 0.29) is 5.60 Å². The molecule has 1 atom stereocenters. The minimum absolute atomic E-state index is 0.0707. The van der Waals surface area contributed by atoms with Crippen LogP contribution < -0.4 is 4.74 Å². The second-order valence-corrected chi connectivity index (χ2v) is 7.61. The van der Waals surface area contributed by atoms with Gasteiger partial charge in [-0.3, -0.25) is 0 Å². The third-order valence-corrected chi connectivity index (χ3v) is 4.96. The average Bonchev–Trinajstić information content (AvgIpc) is 2.74. The van der Waals surface area contributed by atoms with Crippen molar-refractivity contribution in [3.05, 3.63) is 64.7 Å². The van der Waals surface area contributed by atoms with Crippen LogP contribution in [0.15, 0.2) is 42.5 Å². The van der Waals surface area contributed by atoms with Crippen LogP contribution in [0.1, 0.15) is 40.9 Å². The van der Waals surface area contributed by atoms with Gasteiger partial charge in [0.25, 0.3) is 0 Å². The van der Waals surface area contributed by atoms with Gasteiger partial charge in [-0.25, -0.2) is 0 Å². The first-order valence-corrected chi connectivity index (χ1v) is 8.37. The first-order chi connectivity index (χ1) is 9.94. The van der Waals surface area contributed by atoms with Crippen molar-refractivity contribution < 1.29 is 4.74 Å². The van der Waals surface area contributed by atoms with E-state index in [1.165, 1.54) is 22.3 Å². The van der Waals surface area contributed by atoms with Crippen LogP contribution >= 0.6 is 15.9 Å². The number of alkyl halides is 1. The summed E-state index contributed by atoms with van der Waals surface area (Å²) < 4.78 is 5.95. The van der Waals surface area contributed by atoms with E-state index in [2.05, 4.69) is 79.2 Å². The number of fused-ring (bicyclic) bond motifs is 1. The molecular formula is C19H21BrO. The minimum Gasteiger partial charge on any atom is -0.487 e. The van der Waals surface area contributed by atoms with Crippen molar-refractivity contribution in [3.8, 4) is 5.75 Å². The number of benzene rings is 2. The average molecular weight is 345 g/mol. The van der Waals surface area contributed by atoms with E-state index in [1.54, 1.807) is 0 Å². The molecule has 0 saturated heterocycles. The van der Waals surface area contributed by atoms with Crippen LogP contribution in [0.5, 0.6) is 5.75 Å². The molecule has 21 heavy (non-hydrogen) atoms. The second kappa shape index (κ2) is 5.49. The molecule has 0 bridgehead atoms. The van der Waals surface area contributed by atoms with E-state index >= 15 is 0 Å². The van der Waals surface area contributed by atoms with Crippen LogP contribution in [0.2, 0.25) is 0 Å². The maximum absolute atomic E-state index is 5.95. The SMILES string of the molecule is Cc1ccccc1CC(Br)c1ccc2c(c1)CC(C)(C)O2. The lowest BCUT2D eigenvalue weighted by atomic mass is 9.97. The quantitative estimate of drug-likeness (QED) is 0.678. The highest BCUT2D eigenvalue weighted by Gasteiger charge is 2.30. The third-order valence-electron chi connectivity index (χ3n) is 4.11. The normalized spacial score (nSPS) is 17.1. The van der Waals surface area contributed by atoms with Crippen LogP contribution in [0.4, 0.5) is 0 Å². The Kier molecular flexibility index (Phi) is 3.83. The fourth-order valence-corrected chi connectivity index (χ4v) is 3.61. The predicted molar refractivity (Wildman–Crippen MR) is 91.4 cm³/mol. The zero-order valence-electron chi connectivity index (χ0n) is 12.8. The monoisotopic (exact) mass is 344 g/mol. The molecule has 1 aliphatic heterocycles. The van der Waals surface area contributed by atoms with Gasteiger partial charge in [-0.05, 0) is 55.5 Å². The van der Waals surface area contributed by atoms with Crippen LogP contribution in [-0.2, 0) is 12.8 Å². The van der Waals surface area contributed by atoms with Crippen LogP contribution in [0.3, 0.4) is 0 Å². The van der Waals surface area contributed by atoms with Gasteiger partial charge in [0.1, 0.15) is 11.4 Å². The van der Waals surface area contributed by atoms with Gasteiger partial charge in [-0.1, -0.05) is 52.3 Å². The molecule has 1 aliphatic rings. The van der Waals surface area contributed by atoms with Gasteiger partial charge in [-0.2, -0.15) is 0 Å². The van der Waals surface area contributed by atoms with Crippen LogP contribution in [-0.4, -0.2) is 5.60 Å². The molecule has 1 nitrogen and oxygen atoms in total. The largest absolute Gasteiger partial charge is 0.487 e. The number of aryl methyl sites for hydroxylation is 1. The third kappa shape index (κ3) is 3.16. The Labute approximate surface area is 135 Å². The van der Waals surface area contributed by atoms with Crippen LogP contribution in [0, 0.1) is 6.92 Å². The van der Waals surface area contributed by atoms with Gasteiger partial charge in [0, 0.05) is 11.2 Å². The highest BCUT2D eigenvalue weighted by molar-refractivity contribution is 9.09. The first kappa shape index (κ1) is 14.6. The van der Waals surface area contributed by atoms with Gasteiger partial charge in [0.15, 0.2) is 0 Å². The molecule has 0 aliphatic carbocycles. The lowest BCUT2D eigenvalue weighted by molar-refractivity contribution is 0.138. The Morgan fingerprint density at radius 2 is 1.95 bits per heavy atom. The summed E-state index contributed by atoms with van der Waals surface area (Å²) in [5, 5.41) is 0. The molecule has 2 aromatic carbocycles. The molecule has 0 aromatic heterocycles. The smallest absolute Gasteiger partial charge is 0.123 e. The molecule has 0 spiro atoms. The Bertz CT molecular complexity index is 660. The number of halogens is 1. The molecule has 110 valence electrons. The molecule has 0 saturated carbocycles. The molecule has 3 rings (SSSR count).